The molecule has 88 valence electrons. The van der Waals surface area contributed by atoms with Crippen LogP contribution >= 0.6 is 0 Å². The van der Waals surface area contributed by atoms with Gasteiger partial charge in [-0.2, -0.15) is 0 Å². The van der Waals surface area contributed by atoms with Crippen molar-refractivity contribution in [3.05, 3.63) is 18.4 Å². The summed E-state index contributed by atoms with van der Waals surface area (Å²) in [6.45, 7) is 1.54. The van der Waals surface area contributed by atoms with E-state index in [-0.39, 0.29) is 11.8 Å². The number of likely N-dealkylation sites (N-methyl/N-ethyl adjacent to an activating group) is 1. The molecule has 0 saturated heterocycles. The highest BCUT2D eigenvalue weighted by atomic mass is 16.3. The molecule has 1 aromatic rings. The van der Waals surface area contributed by atoms with Gasteiger partial charge in [-0.1, -0.05) is 0 Å². The Balaban J connectivity index is 2.03. The Kier molecular flexibility index (Phi) is 3.29. The number of furan rings is 1. The van der Waals surface area contributed by atoms with Gasteiger partial charge in [-0.15, -0.1) is 0 Å². The zero-order valence-corrected chi connectivity index (χ0v) is 9.85. The van der Waals surface area contributed by atoms with Crippen molar-refractivity contribution in [2.24, 2.45) is 5.92 Å². The van der Waals surface area contributed by atoms with Gasteiger partial charge in [0, 0.05) is 25.1 Å². The summed E-state index contributed by atoms with van der Waals surface area (Å²) in [7, 11) is 4.00. The minimum Gasteiger partial charge on any atom is -0.448 e. The maximum absolute atomic E-state index is 12.1. The average Bonchev–Trinajstić information content (AvgIpc) is 2.96. The van der Waals surface area contributed by atoms with Crippen LogP contribution in [0.5, 0.6) is 0 Å². The number of rotatable bonds is 5. The molecular weight excluding hydrogens is 204 g/mol. The van der Waals surface area contributed by atoms with E-state index in [1.54, 1.807) is 11.2 Å². The van der Waals surface area contributed by atoms with Crippen LogP contribution in [-0.4, -0.2) is 38.0 Å². The smallest absolute Gasteiger partial charge is 0.232 e. The lowest BCUT2D eigenvalue weighted by Crippen LogP contribution is -2.37. The Morgan fingerprint density at radius 1 is 1.44 bits per heavy atom. The quantitative estimate of drug-likeness (QED) is 0.759. The monoisotopic (exact) mass is 222 g/mol. The molecular formula is C12H18N2O2. The van der Waals surface area contributed by atoms with E-state index in [1.807, 2.05) is 26.2 Å². The Morgan fingerprint density at radius 3 is 2.69 bits per heavy atom. The van der Waals surface area contributed by atoms with Crippen LogP contribution in [0.25, 0.3) is 0 Å². The van der Waals surface area contributed by atoms with Crippen molar-refractivity contribution in [3.63, 3.8) is 0 Å². The van der Waals surface area contributed by atoms with Crippen molar-refractivity contribution in [2.75, 3.05) is 32.1 Å². The van der Waals surface area contributed by atoms with Crippen molar-refractivity contribution in [3.8, 4) is 0 Å². The summed E-state index contributed by atoms with van der Waals surface area (Å²) in [6, 6.07) is 3.66. The number of carbonyl (C=O) groups excluding carboxylic acids is 1. The summed E-state index contributed by atoms with van der Waals surface area (Å²) >= 11 is 0. The zero-order chi connectivity index (χ0) is 11.5. The first-order valence-electron chi connectivity index (χ1n) is 5.68. The van der Waals surface area contributed by atoms with E-state index in [2.05, 4.69) is 4.90 Å². The molecule has 16 heavy (non-hydrogen) atoms. The highest BCUT2D eigenvalue weighted by molar-refractivity contribution is 5.95. The van der Waals surface area contributed by atoms with E-state index < -0.39 is 0 Å². The van der Waals surface area contributed by atoms with Crippen LogP contribution in [0.4, 0.5) is 5.88 Å². The molecule has 0 bridgehead atoms. The number of hydrogen-bond donors (Lipinski definition) is 0. The number of anilines is 1. The summed E-state index contributed by atoms with van der Waals surface area (Å²) in [5, 5.41) is 0. The molecule has 0 aromatic carbocycles. The third-order valence-electron chi connectivity index (χ3n) is 2.74. The molecule has 1 heterocycles. The van der Waals surface area contributed by atoms with Gasteiger partial charge in [-0.05, 0) is 33.0 Å². The van der Waals surface area contributed by atoms with Crippen molar-refractivity contribution in [1.29, 1.82) is 0 Å². The van der Waals surface area contributed by atoms with Crippen LogP contribution in [0, 0.1) is 5.92 Å². The zero-order valence-electron chi connectivity index (χ0n) is 9.85. The molecule has 0 aliphatic heterocycles. The van der Waals surface area contributed by atoms with Gasteiger partial charge in [0.2, 0.25) is 11.8 Å². The largest absolute Gasteiger partial charge is 0.448 e. The summed E-state index contributed by atoms with van der Waals surface area (Å²) < 4.78 is 5.31. The van der Waals surface area contributed by atoms with Gasteiger partial charge < -0.3 is 9.32 Å². The maximum atomic E-state index is 12.1. The van der Waals surface area contributed by atoms with Crippen molar-refractivity contribution >= 4 is 11.8 Å². The Morgan fingerprint density at radius 2 is 2.19 bits per heavy atom. The molecule has 1 aliphatic rings. The molecule has 2 rings (SSSR count). The molecule has 1 saturated carbocycles. The van der Waals surface area contributed by atoms with E-state index in [0.29, 0.717) is 12.4 Å². The first kappa shape index (κ1) is 11.2. The molecule has 0 N–H and O–H groups in total. The van der Waals surface area contributed by atoms with E-state index >= 15 is 0 Å². The molecule has 0 spiro atoms. The Labute approximate surface area is 95.8 Å². The molecule has 4 nitrogen and oxygen atoms in total. The normalized spacial score (nSPS) is 15.4. The SMILES string of the molecule is CN(C)CCN(C(=O)C1CC1)c1ccco1. The molecule has 4 heteroatoms. The van der Waals surface area contributed by atoms with E-state index in [9.17, 15) is 4.79 Å². The van der Waals surface area contributed by atoms with E-state index in [0.717, 1.165) is 19.4 Å². The van der Waals surface area contributed by atoms with Crippen LogP contribution < -0.4 is 4.90 Å². The van der Waals surface area contributed by atoms with Crippen LogP contribution in [-0.2, 0) is 4.79 Å². The number of amides is 1. The molecule has 1 aliphatic carbocycles. The van der Waals surface area contributed by atoms with Crippen LogP contribution in [0.2, 0.25) is 0 Å². The second-order valence-corrected chi connectivity index (χ2v) is 4.52. The lowest BCUT2D eigenvalue weighted by Gasteiger charge is -2.21. The van der Waals surface area contributed by atoms with Gasteiger partial charge in [0.1, 0.15) is 0 Å². The van der Waals surface area contributed by atoms with Gasteiger partial charge in [-0.3, -0.25) is 9.69 Å². The summed E-state index contributed by atoms with van der Waals surface area (Å²) in [6.07, 6.45) is 3.66. The van der Waals surface area contributed by atoms with Crippen molar-refractivity contribution in [1.82, 2.24) is 4.90 Å². The number of nitrogens with zero attached hydrogens (tertiary/aromatic N) is 2. The van der Waals surface area contributed by atoms with Crippen LogP contribution in [0.1, 0.15) is 12.8 Å². The van der Waals surface area contributed by atoms with E-state index in [4.69, 9.17) is 4.42 Å². The second-order valence-electron chi connectivity index (χ2n) is 4.52. The fraction of sp³-hybridized carbons (Fsp3) is 0.583. The number of hydrogen-bond acceptors (Lipinski definition) is 3. The third kappa shape index (κ3) is 2.64. The highest BCUT2D eigenvalue weighted by Crippen LogP contribution is 2.32. The molecule has 1 fully saturated rings. The van der Waals surface area contributed by atoms with Crippen molar-refractivity contribution in [2.45, 2.75) is 12.8 Å². The van der Waals surface area contributed by atoms with Gasteiger partial charge in [0.15, 0.2) is 0 Å². The highest BCUT2D eigenvalue weighted by Gasteiger charge is 2.34. The fourth-order valence-corrected chi connectivity index (χ4v) is 1.60. The Hall–Kier alpha value is -1.29. The summed E-state index contributed by atoms with van der Waals surface area (Å²) in [4.78, 5) is 15.9. The minimum absolute atomic E-state index is 0.205. The van der Waals surface area contributed by atoms with Gasteiger partial charge in [0.25, 0.3) is 0 Å². The van der Waals surface area contributed by atoms with Crippen LogP contribution in [0.15, 0.2) is 22.8 Å². The molecule has 0 radical (unpaired) electrons. The topological polar surface area (TPSA) is 36.7 Å². The summed E-state index contributed by atoms with van der Waals surface area (Å²) in [5.41, 5.74) is 0. The fourth-order valence-electron chi connectivity index (χ4n) is 1.60. The lowest BCUT2D eigenvalue weighted by atomic mass is 10.3. The van der Waals surface area contributed by atoms with Gasteiger partial charge >= 0.3 is 0 Å². The molecule has 1 aromatic heterocycles. The molecule has 0 unspecified atom stereocenters. The lowest BCUT2D eigenvalue weighted by molar-refractivity contribution is -0.120. The maximum Gasteiger partial charge on any atom is 0.232 e. The third-order valence-corrected chi connectivity index (χ3v) is 2.74. The van der Waals surface area contributed by atoms with Gasteiger partial charge in [-0.25, -0.2) is 0 Å². The average molecular weight is 222 g/mol. The minimum atomic E-state index is 0.205. The van der Waals surface area contributed by atoms with Crippen molar-refractivity contribution < 1.29 is 9.21 Å². The van der Waals surface area contributed by atoms with Gasteiger partial charge in [0.05, 0.1) is 6.26 Å². The first-order valence-corrected chi connectivity index (χ1v) is 5.68. The number of carbonyl (C=O) groups is 1. The summed E-state index contributed by atoms with van der Waals surface area (Å²) in [5.74, 6) is 1.10. The second kappa shape index (κ2) is 4.70. The standard InChI is InChI=1S/C12H18N2O2/c1-13(2)7-8-14(11-4-3-9-16-11)12(15)10-5-6-10/h3-4,9-10H,5-8H2,1-2H3. The Bertz CT molecular complexity index is 342. The molecule has 1 amide bonds. The first-order chi connectivity index (χ1) is 7.68. The van der Waals surface area contributed by atoms with Crippen LogP contribution in [0.3, 0.4) is 0 Å². The molecule has 0 atom stereocenters. The predicted molar refractivity (Wildman–Crippen MR) is 62.3 cm³/mol. The van der Waals surface area contributed by atoms with E-state index in [1.165, 1.54) is 0 Å². The predicted octanol–water partition coefficient (Wildman–Crippen LogP) is 1.58.